The summed E-state index contributed by atoms with van der Waals surface area (Å²) in [5.41, 5.74) is 6.50. The molecule has 5 aromatic heterocycles. The molecule has 0 spiro atoms. The number of pyridine rings is 3. The number of halogens is 1. The van der Waals surface area contributed by atoms with Crippen molar-refractivity contribution in [2.45, 2.75) is 0 Å². The van der Waals surface area contributed by atoms with Crippen LogP contribution in [0.5, 0.6) is 0 Å². The van der Waals surface area contributed by atoms with Crippen LogP contribution in [0.1, 0.15) is 0 Å². The highest BCUT2D eigenvalue weighted by Gasteiger charge is 2.18. The number of carbonyl (C=O) groups is 1. The minimum atomic E-state index is -0.364. The molecule has 6 aromatic rings. The molecular weight excluding hydrogens is 561 g/mol. The number of nitrogens with zero attached hydrogens (tertiary/aromatic N) is 7. The van der Waals surface area contributed by atoms with Gasteiger partial charge in [-0.1, -0.05) is 0 Å². The van der Waals surface area contributed by atoms with Gasteiger partial charge in [-0.15, -0.1) is 0 Å². The lowest BCUT2D eigenvalue weighted by molar-refractivity contribution is -0.116. The minimum absolute atomic E-state index is 0.131. The largest absolute Gasteiger partial charge is 0.384 e. The summed E-state index contributed by atoms with van der Waals surface area (Å²) in [6.45, 7) is 1.75. The van der Waals surface area contributed by atoms with Gasteiger partial charge < -0.3 is 25.4 Å². The summed E-state index contributed by atoms with van der Waals surface area (Å²) in [5.74, 6) is 0.0218. The molecule has 13 heteroatoms. The molecule has 0 aliphatic heterocycles. The van der Waals surface area contributed by atoms with Gasteiger partial charge in [0.2, 0.25) is 5.91 Å². The van der Waals surface area contributed by atoms with Crippen LogP contribution in [-0.2, 0) is 4.79 Å². The van der Waals surface area contributed by atoms with Gasteiger partial charge in [0.15, 0.2) is 11.5 Å². The Morgan fingerprint density at radius 2 is 1.73 bits per heavy atom. The van der Waals surface area contributed by atoms with E-state index >= 15 is 0 Å². The fourth-order valence-corrected chi connectivity index (χ4v) is 4.91. The first-order valence-corrected chi connectivity index (χ1v) is 14.0. The van der Waals surface area contributed by atoms with Crippen LogP contribution in [-0.4, -0.2) is 98.6 Å². The summed E-state index contributed by atoms with van der Waals surface area (Å²) < 4.78 is 14.7. The van der Waals surface area contributed by atoms with Crippen molar-refractivity contribution in [3.63, 3.8) is 0 Å². The summed E-state index contributed by atoms with van der Waals surface area (Å²) in [7, 11) is 7.64. The Balaban J connectivity index is 1.33. The van der Waals surface area contributed by atoms with Crippen LogP contribution in [0.15, 0.2) is 61.2 Å². The molecule has 1 aromatic carbocycles. The number of hydrogen-bond donors (Lipinski definition) is 4. The number of aromatic amines is 2. The number of rotatable bonds is 10. The zero-order valence-electron chi connectivity index (χ0n) is 24.8. The van der Waals surface area contributed by atoms with Gasteiger partial charge in [0.05, 0.1) is 35.0 Å². The normalized spacial score (nSPS) is 11.6. The summed E-state index contributed by atoms with van der Waals surface area (Å²) >= 11 is 0. The second kappa shape index (κ2) is 12.1. The Labute approximate surface area is 252 Å². The summed E-state index contributed by atoms with van der Waals surface area (Å²) in [6.07, 6.45) is 6.71. The number of H-pyrrole nitrogens is 2. The number of anilines is 2. The summed E-state index contributed by atoms with van der Waals surface area (Å²) in [6, 6.07) is 10.4. The summed E-state index contributed by atoms with van der Waals surface area (Å²) in [4.78, 5) is 37.7. The summed E-state index contributed by atoms with van der Waals surface area (Å²) in [5, 5.41) is 14.4. The first-order chi connectivity index (χ1) is 21.2. The van der Waals surface area contributed by atoms with E-state index in [2.05, 4.69) is 45.7 Å². The van der Waals surface area contributed by atoms with Gasteiger partial charge in [-0.3, -0.25) is 19.9 Å². The fraction of sp³-hybridized carbons (Fsp3) is 0.226. The van der Waals surface area contributed by atoms with E-state index in [0.717, 1.165) is 28.6 Å². The number of nitrogens with one attached hydrogen (secondary N) is 4. The number of fused-ring (bicyclic) bond motifs is 2. The number of amides is 1. The van der Waals surface area contributed by atoms with E-state index in [9.17, 15) is 9.18 Å². The van der Waals surface area contributed by atoms with Crippen molar-refractivity contribution in [3.05, 3.63) is 67.0 Å². The number of imidazole rings is 1. The van der Waals surface area contributed by atoms with Crippen LogP contribution in [0.4, 0.5) is 15.8 Å². The third-order valence-electron chi connectivity index (χ3n) is 6.92. The average molecular weight is 594 g/mol. The van der Waals surface area contributed by atoms with Gasteiger partial charge in [-0.05, 0) is 64.6 Å². The molecule has 0 bridgehead atoms. The molecule has 6 rings (SSSR count). The van der Waals surface area contributed by atoms with Gasteiger partial charge in [-0.2, -0.15) is 5.10 Å². The second-order valence-electron chi connectivity index (χ2n) is 11.0. The second-order valence-corrected chi connectivity index (χ2v) is 11.0. The molecule has 0 aliphatic rings. The molecule has 0 saturated carbocycles. The standard InChI is InChI=1S/C31H32FN11O/c1-42(2)8-7-34-22-10-18(9-21(32)13-22)27-29-25(5-6-35-27)38-31(39-29)28-24-12-20(15-36-30(24)41-40-28)19-11-23(16-33-14-19)37-26(44)17-43(3)4/h5-6,9-16,34H,7-8,17H2,1-4H3,(H,37,44)(H,38,39)(H,36,40,41). The molecule has 224 valence electrons. The van der Waals surface area contributed by atoms with Gasteiger partial charge >= 0.3 is 0 Å². The van der Waals surface area contributed by atoms with Crippen molar-refractivity contribution in [2.75, 3.05) is 58.5 Å². The van der Waals surface area contributed by atoms with E-state index in [-0.39, 0.29) is 18.3 Å². The van der Waals surface area contributed by atoms with E-state index in [0.29, 0.717) is 51.9 Å². The van der Waals surface area contributed by atoms with Crippen LogP contribution < -0.4 is 10.6 Å². The maximum Gasteiger partial charge on any atom is 0.238 e. The van der Waals surface area contributed by atoms with E-state index in [1.54, 1.807) is 29.7 Å². The molecule has 0 saturated heterocycles. The first kappa shape index (κ1) is 28.8. The molecule has 0 radical (unpaired) electrons. The van der Waals surface area contributed by atoms with E-state index in [1.165, 1.54) is 12.1 Å². The predicted molar refractivity (Wildman–Crippen MR) is 170 cm³/mol. The molecule has 44 heavy (non-hydrogen) atoms. The van der Waals surface area contributed by atoms with Crippen molar-refractivity contribution in [1.82, 2.24) is 44.9 Å². The molecule has 0 atom stereocenters. The highest BCUT2D eigenvalue weighted by molar-refractivity contribution is 5.97. The molecular formula is C31H32FN11O. The van der Waals surface area contributed by atoms with Crippen LogP contribution in [0, 0.1) is 5.82 Å². The Bertz CT molecular complexity index is 1960. The monoisotopic (exact) mass is 593 g/mol. The number of aromatic nitrogens is 7. The molecule has 0 unspecified atom stereocenters. The van der Waals surface area contributed by atoms with Crippen LogP contribution in [0.25, 0.3) is 56.0 Å². The molecule has 5 heterocycles. The minimum Gasteiger partial charge on any atom is -0.384 e. The van der Waals surface area contributed by atoms with E-state index in [1.807, 2.05) is 52.5 Å². The smallest absolute Gasteiger partial charge is 0.238 e. The SMILES string of the molecule is CN(C)CCNc1cc(F)cc(-c2nccc3[nH]c(-c4n[nH]c5ncc(-c6cncc(NC(=O)CN(C)C)c6)cc45)nc23)c1. The maximum absolute atomic E-state index is 14.7. The Kier molecular flexibility index (Phi) is 7.96. The lowest BCUT2D eigenvalue weighted by Crippen LogP contribution is -2.27. The Morgan fingerprint density at radius 1 is 0.909 bits per heavy atom. The lowest BCUT2D eigenvalue weighted by atomic mass is 10.1. The molecule has 4 N–H and O–H groups in total. The molecule has 12 nitrogen and oxygen atoms in total. The van der Waals surface area contributed by atoms with Crippen LogP contribution >= 0.6 is 0 Å². The average Bonchev–Trinajstić information content (AvgIpc) is 3.60. The molecule has 1 amide bonds. The van der Waals surface area contributed by atoms with Crippen molar-refractivity contribution in [2.24, 2.45) is 0 Å². The zero-order chi connectivity index (χ0) is 30.8. The number of likely N-dealkylation sites (N-methyl/N-ethyl adjacent to an activating group) is 2. The fourth-order valence-electron chi connectivity index (χ4n) is 4.91. The third-order valence-corrected chi connectivity index (χ3v) is 6.92. The Hall–Kier alpha value is -5.27. The van der Waals surface area contributed by atoms with Crippen molar-refractivity contribution < 1.29 is 9.18 Å². The third kappa shape index (κ3) is 6.23. The number of hydrogen-bond acceptors (Lipinski definition) is 9. The molecule has 0 aliphatic carbocycles. The highest BCUT2D eigenvalue weighted by Crippen LogP contribution is 2.33. The van der Waals surface area contributed by atoms with E-state index in [4.69, 9.17) is 4.98 Å². The number of benzene rings is 1. The van der Waals surface area contributed by atoms with Crippen molar-refractivity contribution >= 4 is 39.3 Å². The van der Waals surface area contributed by atoms with Crippen molar-refractivity contribution in [1.29, 1.82) is 0 Å². The van der Waals surface area contributed by atoms with E-state index < -0.39 is 0 Å². The van der Waals surface area contributed by atoms with Gasteiger partial charge in [0.25, 0.3) is 0 Å². The van der Waals surface area contributed by atoms with Crippen LogP contribution in [0.3, 0.4) is 0 Å². The zero-order valence-corrected chi connectivity index (χ0v) is 24.8. The number of carbonyl (C=O) groups excluding carboxylic acids is 1. The van der Waals surface area contributed by atoms with Crippen LogP contribution in [0.2, 0.25) is 0 Å². The first-order valence-electron chi connectivity index (χ1n) is 14.0. The quantitative estimate of drug-likeness (QED) is 0.183. The van der Waals surface area contributed by atoms with Crippen molar-refractivity contribution in [3.8, 4) is 33.9 Å². The molecule has 0 fully saturated rings. The maximum atomic E-state index is 14.7. The lowest BCUT2D eigenvalue weighted by Gasteiger charge is -2.12. The van der Waals surface area contributed by atoms with Gasteiger partial charge in [0, 0.05) is 54.1 Å². The van der Waals surface area contributed by atoms with Gasteiger partial charge in [0.1, 0.15) is 17.0 Å². The highest BCUT2D eigenvalue weighted by atomic mass is 19.1. The van der Waals surface area contributed by atoms with Gasteiger partial charge in [-0.25, -0.2) is 14.4 Å². The topological polar surface area (TPSA) is 144 Å². The Morgan fingerprint density at radius 3 is 2.55 bits per heavy atom. The predicted octanol–water partition coefficient (Wildman–Crippen LogP) is 4.24.